The van der Waals surface area contributed by atoms with E-state index in [1.54, 1.807) is 0 Å². The van der Waals surface area contributed by atoms with E-state index in [0.717, 1.165) is 45.0 Å². The molecule has 0 bridgehead atoms. The van der Waals surface area contributed by atoms with E-state index in [1.165, 1.54) is 5.56 Å². The highest BCUT2D eigenvalue weighted by Gasteiger charge is 2.21. The fourth-order valence-electron chi connectivity index (χ4n) is 2.77. The zero-order chi connectivity index (χ0) is 17.7. The number of urea groups is 1. The predicted octanol–water partition coefficient (Wildman–Crippen LogP) is 2.70. The van der Waals surface area contributed by atoms with Crippen LogP contribution in [0.4, 0.5) is 10.5 Å². The zero-order valence-electron chi connectivity index (χ0n) is 15.8. The number of piperazine rings is 1. The summed E-state index contributed by atoms with van der Waals surface area (Å²) in [5.74, 6) is 0. The number of rotatable bonds is 4. The number of likely N-dealkylation sites (N-methyl/N-ethyl adjacent to an activating group) is 1. The summed E-state index contributed by atoms with van der Waals surface area (Å²) in [5, 5.41) is 3.02. The first-order chi connectivity index (χ1) is 11.3. The first kappa shape index (κ1) is 18.7. The molecule has 1 aromatic rings. The minimum atomic E-state index is 0.00534. The Hall–Kier alpha value is -1.59. The van der Waals surface area contributed by atoms with Gasteiger partial charge in [-0.05, 0) is 37.2 Å². The lowest BCUT2D eigenvalue weighted by Gasteiger charge is -2.35. The zero-order valence-corrected chi connectivity index (χ0v) is 15.8. The summed E-state index contributed by atoms with van der Waals surface area (Å²) >= 11 is 0. The minimum absolute atomic E-state index is 0.00534. The van der Waals surface area contributed by atoms with Crippen LogP contribution in [0.25, 0.3) is 0 Å². The normalized spacial score (nSPS) is 16.5. The molecule has 24 heavy (non-hydrogen) atoms. The van der Waals surface area contributed by atoms with Crippen molar-refractivity contribution in [1.29, 1.82) is 0 Å². The van der Waals surface area contributed by atoms with Crippen LogP contribution < -0.4 is 5.32 Å². The smallest absolute Gasteiger partial charge is 0.321 e. The lowest BCUT2D eigenvalue weighted by molar-refractivity contribution is 0.140. The highest BCUT2D eigenvalue weighted by Crippen LogP contribution is 2.23. The van der Waals surface area contributed by atoms with E-state index in [-0.39, 0.29) is 11.4 Å². The summed E-state index contributed by atoms with van der Waals surface area (Å²) in [5.41, 5.74) is 2.27. The summed E-state index contributed by atoms with van der Waals surface area (Å²) in [6.45, 7) is 12.2. The maximum Gasteiger partial charge on any atom is 0.321 e. The molecule has 1 aromatic carbocycles. The number of hydrogen-bond acceptors (Lipinski definition) is 3. The van der Waals surface area contributed by atoms with E-state index in [2.05, 4.69) is 62.1 Å². The molecule has 0 saturated carbocycles. The summed E-state index contributed by atoms with van der Waals surface area (Å²) < 4.78 is 0. The van der Waals surface area contributed by atoms with Crippen molar-refractivity contribution in [1.82, 2.24) is 14.7 Å². The van der Waals surface area contributed by atoms with Gasteiger partial charge in [-0.3, -0.25) is 4.90 Å². The molecule has 0 radical (unpaired) electrons. The van der Waals surface area contributed by atoms with Crippen molar-refractivity contribution in [3.8, 4) is 0 Å². The topological polar surface area (TPSA) is 38.8 Å². The molecule has 0 atom stereocenters. The lowest BCUT2D eigenvalue weighted by Crippen LogP contribution is -2.51. The molecule has 0 aromatic heterocycles. The first-order valence-corrected chi connectivity index (χ1v) is 8.79. The molecule has 5 nitrogen and oxygen atoms in total. The van der Waals surface area contributed by atoms with Crippen LogP contribution in [0.5, 0.6) is 0 Å². The molecule has 134 valence electrons. The van der Waals surface area contributed by atoms with Crippen molar-refractivity contribution in [2.45, 2.75) is 26.2 Å². The molecule has 1 N–H and O–H groups in total. The molecule has 2 rings (SSSR count). The SMILES string of the molecule is CN(C)CCN1CCN(C(=O)Nc2ccc(C(C)(C)C)cc2)CC1. The van der Waals surface area contributed by atoms with Gasteiger partial charge in [0.25, 0.3) is 0 Å². The van der Waals surface area contributed by atoms with Gasteiger partial charge in [0.2, 0.25) is 0 Å². The van der Waals surface area contributed by atoms with E-state index >= 15 is 0 Å². The van der Waals surface area contributed by atoms with E-state index < -0.39 is 0 Å². The summed E-state index contributed by atoms with van der Waals surface area (Å²) in [6.07, 6.45) is 0. The second-order valence-corrected chi connectivity index (χ2v) is 7.89. The van der Waals surface area contributed by atoms with Crippen LogP contribution >= 0.6 is 0 Å². The molecule has 2 amide bonds. The van der Waals surface area contributed by atoms with E-state index in [0.29, 0.717) is 0 Å². The number of hydrogen-bond donors (Lipinski definition) is 1. The average molecular weight is 332 g/mol. The van der Waals surface area contributed by atoms with Crippen molar-refractivity contribution in [2.24, 2.45) is 0 Å². The van der Waals surface area contributed by atoms with Gasteiger partial charge in [-0.1, -0.05) is 32.9 Å². The van der Waals surface area contributed by atoms with Crippen molar-refractivity contribution >= 4 is 11.7 Å². The second kappa shape index (κ2) is 7.99. The van der Waals surface area contributed by atoms with Crippen LogP contribution in [0, 0.1) is 0 Å². The Balaban J connectivity index is 1.81. The Labute approximate surface area is 146 Å². The number of carbonyl (C=O) groups is 1. The summed E-state index contributed by atoms with van der Waals surface area (Å²) in [6, 6.07) is 8.17. The molecule has 0 unspecified atom stereocenters. The Morgan fingerprint density at radius 3 is 2.17 bits per heavy atom. The standard InChI is InChI=1S/C19H32N4O/c1-19(2,3)16-6-8-17(9-7-16)20-18(24)23-14-12-22(13-15-23)11-10-21(4)5/h6-9H,10-15H2,1-5H3,(H,20,24). The molecular weight excluding hydrogens is 300 g/mol. The maximum absolute atomic E-state index is 12.4. The van der Waals surface area contributed by atoms with Crippen molar-refractivity contribution < 1.29 is 4.79 Å². The summed E-state index contributed by atoms with van der Waals surface area (Å²) in [7, 11) is 4.18. The Kier molecular flexibility index (Phi) is 6.24. The highest BCUT2D eigenvalue weighted by molar-refractivity contribution is 5.89. The van der Waals surface area contributed by atoms with Gasteiger partial charge in [0.1, 0.15) is 0 Å². The summed E-state index contributed by atoms with van der Waals surface area (Å²) in [4.78, 5) is 18.9. The van der Waals surface area contributed by atoms with Gasteiger partial charge in [0, 0.05) is 45.0 Å². The maximum atomic E-state index is 12.4. The first-order valence-electron chi connectivity index (χ1n) is 8.79. The number of nitrogens with one attached hydrogen (secondary N) is 1. The molecular formula is C19H32N4O. The van der Waals surface area contributed by atoms with Crippen LogP contribution in [0.2, 0.25) is 0 Å². The number of amides is 2. The molecule has 1 saturated heterocycles. The van der Waals surface area contributed by atoms with E-state index in [9.17, 15) is 4.79 Å². The van der Waals surface area contributed by atoms with Crippen LogP contribution in [0.15, 0.2) is 24.3 Å². The molecule has 1 aliphatic heterocycles. The molecule has 1 heterocycles. The van der Waals surface area contributed by atoms with Crippen molar-refractivity contribution in [2.75, 3.05) is 58.7 Å². The van der Waals surface area contributed by atoms with Crippen molar-refractivity contribution in [3.05, 3.63) is 29.8 Å². The fraction of sp³-hybridized carbons (Fsp3) is 0.632. The monoisotopic (exact) mass is 332 g/mol. The van der Waals surface area contributed by atoms with Crippen molar-refractivity contribution in [3.63, 3.8) is 0 Å². The Morgan fingerprint density at radius 1 is 1.08 bits per heavy atom. The Morgan fingerprint density at radius 2 is 1.67 bits per heavy atom. The van der Waals surface area contributed by atoms with Gasteiger partial charge in [0.05, 0.1) is 0 Å². The average Bonchev–Trinajstić information content (AvgIpc) is 2.53. The predicted molar refractivity (Wildman–Crippen MR) is 101 cm³/mol. The van der Waals surface area contributed by atoms with E-state index in [1.807, 2.05) is 17.0 Å². The van der Waals surface area contributed by atoms with Crippen LogP contribution in [0.1, 0.15) is 26.3 Å². The van der Waals surface area contributed by atoms with Gasteiger partial charge in [0.15, 0.2) is 0 Å². The molecule has 0 aliphatic carbocycles. The van der Waals surface area contributed by atoms with Gasteiger partial charge in [-0.15, -0.1) is 0 Å². The minimum Gasteiger partial charge on any atom is -0.322 e. The highest BCUT2D eigenvalue weighted by atomic mass is 16.2. The molecule has 0 spiro atoms. The number of anilines is 1. The quantitative estimate of drug-likeness (QED) is 0.921. The van der Waals surface area contributed by atoms with Gasteiger partial charge in [-0.25, -0.2) is 4.79 Å². The molecule has 5 heteroatoms. The number of benzene rings is 1. The molecule has 1 aliphatic rings. The van der Waals surface area contributed by atoms with E-state index in [4.69, 9.17) is 0 Å². The fourth-order valence-corrected chi connectivity index (χ4v) is 2.77. The largest absolute Gasteiger partial charge is 0.322 e. The third-order valence-electron chi connectivity index (χ3n) is 4.53. The second-order valence-electron chi connectivity index (χ2n) is 7.89. The number of carbonyl (C=O) groups excluding carboxylic acids is 1. The van der Waals surface area contributed by atoms with Gasteiger partial charge in [-0.2, -0.15) is 0 Å². The third kappa shape index (κ3) is 5.49. The van der Waals surface area contributed by atoms with Crippen LogP contribution in [0.3, 0.4) is 0 Å². The van der Waals surface area contributed by atoms with Crippen LogP contribution in [-0.4, -0.2) is 74.1 Å². The Bertz CT molecular complexity index is 525. The number of nitrogens with zero attached hydrogens (tertiary/aromatic N) is 3. The third-order valence-corrected chi connectivity index (χ3v) is 4.53. The van der Waals surface area contributed by atoms with Gasteiger partial charge < -0.3 is 15.1 Å². The lowest BCUT2D eigenvalue weighted by atomic mass is 9.87. The molecule has 1 fully saturated rings. The van der Waals surface area contributed by atoms with Gasteiger partial charge >= 0.3 is 6.03 Å². The van der Waals surface area contributed by atoms with Crippen LogP contribution in [-0.2, 0) is 5.41 Å².